The SMILES string of the molecule is N#Cc1cnc(Nc2cc(Br)ccc2F)c(N)c1. The zero-order valence-electron chi connectivity index (χ0n) is 9.11. The van der Waals surface area contributed by atoms with E-state index in [4.69, 9.17) is 11.0 Å². The van der Waals surface area contributed by atoms with E-state index in [2.05, 4.69) is 26.2 Å². The molecule has 0 fully saturated rings. The lowest BCUT2D eigenvalue weighted by molar-refractivity contribution is 0.631. The van der Waals surface area contributed by atoms with Crippen LogP contribution in [-0.2, 0) is 0 Å². The number of pyridine rings is 1. The lowest BCUT2D eigenvalue weighted by Crippen LogP contribution is -2.01. The molecule has 1 aromatic carbocycles. The minimum absolute atomic E-state index is 0.258. The third-order valence-electron chi connectivity index (χ3n) is 2.23. The summed E-state index contributed by atoms with van der Waals surface area (Å²) in [5.41, 5.74) is 6.62. The summed E-state index contributed by atoms with van der Waals surface area (Å²) in [6.07, 6.45) is 1.37. The van der Waals surface area contributed by atoms with E-state index in [-0.39, 0.29) is 11.4 Å². The quantitative estimate of drug-likeness (QED) is 0.893. The Labute approximate surface area is 111 Å². The van der Waals surface area contributed by atoms with Gasteiger partial charge in [0, 0.05) is 10.7 Å². The Balaban J connectivity index is 2.34. The highest BCUT2D eigenvalue weighted by Gasteiger charge is 2.07. The van der Waals surface area contributed by atoms with Gasteiger partial charge in [0.05, 0.1) is 16.9 Å². The number of nitrogens with zero attached hydrogens (tertiary/aromatic N) is 2. The van der Waals surface area contributed by atoms with Gasteiger partial charge in [-0.1, -0.05) is 15.9 Å². The maximum absolute atomic E-state index is 13.5. The third kappa shape index (κ3) is 2.57. The first-order chi connectivity index (χ1) is 8.60. The average Bonchev–Trinajstić information content (AvgIpc) is 2.36. The maximum atomic E-state index is 13.5. The summed E-state index contributed by atoms with van der Waals surface area (Å²) in [5.74, 6) is -0.102. The molecule has 0 aliphatic heterocycles. The molecule has 0 unspecified atom stereocenters. The van der Waals surface area contributed by atoms with Crippen LogP contribution in [0.25, 0.3) is 0 Å². The molecule has 1 heterocycles. The Morgan fingerprint density at radius 3 is 2.83 bits per heavy atom. The van der Waals surface area contributed by atoms with Crippen LogP contribution < -0.4 is 11.1 Å². The number of anilines is 3. The van der Waals surface area contributed by atoms with Crippen LogP contribution >= 0.6 is 15.9 Å². The molecule has 0 amide bonds. The predicted molar refractivity (Wildman–Crippen MR) is 70.7 cm³/mol. The number of rotatable bonds is 2. The van der Waals surface area contributed by atoms with Gasteiger partial charge < -0.3 is 11.1 Å². The van der Waals surface area contributed by atoms with Crippen LogP contribution in [0, 0.1) is 17.1 Å². The summed E-state index contributed by atoms with van der Waals surface area (Å²) in [4.78, 5) is 3.97. The lowest BCUT2D eigenvalue weighted by atomic mass is 10.2. The predicted octanol–water partition coefficient (Wildman–Crippen LogP) is 3.18. The van der Waals surface area contributed by atoms with Gasteiger partial charge in [-0.2, -0.15) is 5.26 Å². The number of hydrogen-bond acceptors (Lipinski definition) is 4. The van der Waals surface area contributed by atoms with Gasteiger partial charge in [-0.15, -0.1) is 0 Å². The molecule has 0 atom stereocenters. The molecule has 1 aromatic heterocycles. The highest BCUT2D eigenvalue weighted by Crippen LogP contribution is 2.25. The van der Waals surface area contributed by atoms with Crippen LogP contribution in [0.4, 0.5) is 21.6 Å². The van der Waals surface area contributed by atoms with Crippen LogP contribution in [0.1, 0.15) is 5.56 Å². The van der Waals surface area contributed by atoms with Crippen molar-refractivity contribution in [3.63, 3.8) is 0 Å². The summed E-state index contributed by atoms with van der Waals surface area (Å²) in [6, 6.07) is 7.90. The summed E-state index contributed by atoms with van der Waals surface area (Å²) >= 11 is 3.25. The molecule has 0 saturated heterocycles. The van der Waals surface area contributed by atoms with Gasteiger partial charge in [0.2, 0.25) is 0 Å². The van der Waals surface area contributed by atoms with Crippen molar-refractivity contribution in [2.24, 2.45) is 0 Å². The van der Waals surface area contributed by atoms with Crippen molar-refractivity contribution in [2.75, 3.05) is 11.1 Å². The van der Waals surface area contributed by atoms with Crippen molar-refractivity contribution in [3.05, 3.63) is 46.3 Å². The van der Waals surface area contributed by atoms with Crippen molar-refractivity contribution in [1.29, 1.82) is 5.26 Å². The minimum atomic E-state index is -0.413. The van der Waals surface area contributed by atoms with Gasteiger partial charge in [-0.25, -0.2) is 9.37 Å². The summed E-state index contributed by atoms with van der Waals surface area (Å²) in [6.45, 7) is 0. The summed E-state index contributed by atoms with van der Waals surface area (Å²) in [7, 11) is 0. The normalized spacial score (nSPS) is 9.83. The Morgan fingerprint density at radius 2 is 2.17 bits per heavy atom. The molecule has 2 aromatic rings. The molecular weight excluding hydrogens is 299 g/mol. The second-order valence-electron chi connectivity index (χ2n) is 3.52. The monoisotopic (exact) mass is 306 g/mol. The summed E-state index contributed by atoms with van der Waals surface area (Å²) < 4.78 is 14.3. The first-order valence-electron chi connectivity index (χ1n) is 4.98. The van der Waals surface area contributed by atoms with Gasteiger partial charge in [0.25, 0.3) is 0 Å². The molecule has 0 saturated carbocycles. The van der Waals surface area contributed by atoms with Crippen molar-refractivity contribution in [3.8, 4) is 6.07 Å². The number of hydrogen-bond donors (Lipinski definition) is 2. The van der Waals surface area contributed by atoms with E-state index < -0.39 is 5.82 Å². The van der Waals surface area contributed by atoms with Gasteiger partial charge in [-0.3, -0.25) is 0 Å². The van der Waals surface area contributed by atoms with E-state index in [1.54, 1.807) is 12.1 Å². The third-order valence-corrected chi connectivity index (χ3v) is 2.72. The molecule has 18 heavy (non-hydrogen) atoms. The van der Waals surface area contributed by atoms with Crippen LogP contribution in [0.3, 0.4) is 0 Å². The Hall–Kier alpha value is -2.13. The average molecular weight is 307 g/mol. The standard InChI is InChI=1S/C12H8BrFN4/c13-8-1-2-9(14)11(4-8)18-12-10(16)3-7(5-15)6-17-12/h1-4,6H,16H2,(H,17,18). The largest absolute Gasteiger partial charge is 0.396 e. The molecule has 0 aliphatic carbocycles. The lowest BCUT2D eigenvalue weighted by Gasteiger charge is -2.09. The fraction of sp³-hybridized carbons (Fsp3) is 0. The molecule has 90 valence electrons. The number of nitrogens with two attached hydrogens (primary N) is 1. The van der Waals surface area contributed by atoms with E-state index in [0.29, 0.717) is 11.4 Å². The van der Waals surface area contributed by atoms with Crippen molar-refractivity contribution in [2.45, 2.75) is 0 Å². The first kappa shape index (κ1) is 12.3. The highest BCUT2D eigenvalue weighted by molar-refractivity contribution is 9.10. The molecule has 2 rings (SSSR count). The molecule has 6 heteroatoms. The van der Waals surface area contributed by atoms with Crippen molar-refractivity contribution < 1.29 is 4.39 Å². The van der Waals surface area contributed by atoms with Gasteiger partial charge >= 0.3 is 0 Å². The van der Waals surface area contributed by atoms with Crippen LogP contribution in [0.5, 0.6) is 0 Å². The van der Waals surface area contributed by atoms with Crippen LogP contribution in [0.2, 0.25) is 0 Å². The molecular formula is C12H8BrFN4. The number of benzene rings is 1. The number of nitriles is 1. The minimum Gasteiger partial charge on any atom is -0.396 e. The fourth-order valence-electron chi connectivity index (χ4n) is 1.37. The molecule has 0 spiro atoms. The number of halogens is 2. The second kappa shape index (κ2) is 5.02. The first-order valence-corrected chi connectivity index (χ1v) is 5.77. The van der Waals surface area contributed by atoms with E-state index in [0.717, 1.165) is 4.47 Å². The van der Waals surface area contributed by atoms with Gasteiger partial charge in [0.15, 0.2) is 5.82 Å². The summed E-state index contributed by atoms with van der Waals surface area (Å²) in [5, 5.41) is 11.5. The van der Waals surface area contributed by atoms with Crippen molar-refractivity contribution >= 4 is 33.1 Å². The molecule has 4 nitrogen and oxygen atoms in total. The number of nitrogen functional groups attached to an aromatic ring is 1. The maximum Gasteiger partial charge on any atom is 0.153 e. The smallest absolute Gasteiger partial charge is 0.153 e. The number of aromatic nitrogens is 1. The Bertz CT molecular complexity index is 636. The van der Waals surface area contributed by atoms with Gasteiger partial charge in [0.1, 0.15) is 11.9 Å². The molecule has 0 radical (unpaired) electrons. The fourth-order valence-corrected chi connectivity index (χ4v) is 1.73. The number of nitrogens with one attached hydrogen (secondary N) is 1. The Kier molecular flexibility index (Phi) is 3.44. The van der Waals surface area contributed by atoms with Crippen LogP contribution in [0.15, 0.2) is 34.9 Å². The van der Waals surface area contributed by atoms with E-state index in [1.165, 1.54) is 18.3 Å². The Morgan fingerprint density at radius 1 is 1.39 bits per heavy atom. The van der Waals surface area contributed by atoms with E-state index >= 15 is 0 Å². The van der Waals surface area contributed by atoms with Crippen molar-refractivity contribution in [1.82, 2.24) is 4.98 Å². The molecule has 3 N–H and O–H groups in total. The van der Waals surface area contributed by atoms with Gasteiger partial charge in [-0.05, 0) is 24.3 Å². The molecule has 0 aliphatic rings. The zero-order valence-corrected chi connectivity index (χ0v) is 10.7. The van der Waals surface area contributed by atoms with E-state index in [9.17, 15) is 4.39 Å². The molecule has 0 bridgehead atoms. The van der Waals surface area contributed by atoms with Crippen LogP contribution in [-0.4, -0.2) is 4.98 Å². The second-order valence-corrected chi connectivity index (χ2v) is 4.44. The topological polar surface area (TPSA) is 74.7 Å². The van der Waals surface area contributed by atoms with E-state index in [1.807, 2.05) is 6.07 Å². The highest BCUT2D eigenvalue weighted by atomic mass is 79.9. The zero-order chi connectivity index (χ0) is 13.1.